The summed E-state index contributed by atoms with van der Waals surface area (Å²) in [5.41, 5.74) is 9.21. The van der Waals surface area contributed by atoms with Crippen molar-refractivity contribution < 1.29 is 0 Å². The summed E-state index contributed by atoms with van der Waals surface area (Å²) in [6, 6.07) is 30.4. The molecule has 0 saturated heterocycles. The smallest absolute Gasteiger partial charge is 0.00729 e. The molecule has 4 aromatic rings. The first kappa shape index (κ1) is 38.3. The lowest BCUT2D eigenvalue weighted by atomic mass is 9.83. The molecule has 42 heavy (non-hydrogen) atoms. The first-order valence-corrected chi connectivity index (χ1v) is 14.8. The Hall–Kier alpha value is -3.68. The molecule has 0 amide bonds. The van der Waals surface area contributed by atoms with E-state index in [0.29, 0.717) is 0 Å². The third-order valence-electron chi connectivity index (χ3n) is 6.08. The fourth-order valence-corrected chi connectivity index (χ4v) is 3.86. The fraction of sp³-hybridized carbons (Fsp3) is 0.317. The number of hydrogen-bond donors (Lipinski definition) is 0. The molecule has 0 aliphatic heterocycles. The van der Waals surface area contributed by atoms with Crippen LogP contribution in [0.5, 0.6) is 0 Å². The van der Waals surface area contributed by atoms with Gasteiger partial charge in [-0.05, 0) is 101 Å². The minimum Gasteiger partial charge on any atom is -0.312 e. The first-order valence-electron chi connectivity index (χ1n) is 14.8. The van der Waals surface area contributed by atoms with E-state index in [9.17, 15) is 0 Å². The Kier molecular flexibility index (Phi) is 18.5. The maximum Gasteiger partial charge on any atom is 0.00729 e. The van der Waals surface area contributed by atoms with Gasteiger partial charge in [0.1, 0.15) is 0 Å². The fourth-order valence-electron chi connectivity index (χ4n) is 3.86. The van der Waals surface area contributed by atoms with E-state index in [2.05, 4.69) is 139 Å². The summed E-state index contributed by atoms with van der Waals surface area (Å²) in [5.74, 6) is 0. The highest BCUT2D eigenvalue weighted by Gasteiger charge is 2.16. The normalized spacial score (nSPS) is 9.90. The number of nitrogens with zero attached hydrogens (tertiary/aromatic N) is 1. The maximum atomic E-state index is 3.96. The topological polar surface area (TPSA) is 3.24 Å². The van der Waals surface area contributed by atoms with Crippen LogP contribution >= 0.6 is 0 Å². The lowest BCUT2D eigenvalue weighted by Crippen LogP contribution is -2.12. The van der Waals surface area contributed by atoms with E-state index in [4.69, 9.17) is 0 Å². The predicted octanol–water partition coefficient (Wildman–Crippen LogP) is 11.8. The Labute approximate surface area is 259 Å². The van der Waals surface area contributed by atoms with Crippen molar-refractivity contribution in [1.82, 2.24) is 4.90 Å². The second kappa shape index (κ2) is 20.2. The molecule has 0 spiro atoms. The van der Waals surface area contributed by atoms with Crippen molar-refractivity contribution in [2.45, 2.75) is 67.2 Å². The summed E-state index contributed by atoms with van der Waals surface area (Å²) in [6.07, 6.45) is 4.83. The van der Waals surface area contributed by atoms with Crippen molar-refractivity contribution in [2.75, 3.05) is 21.1 Å². The number of benzene rings is 4. The summed E-state index contributed by atoms with van der Waals surface area (Å²) < 4.78 is 0. The van der Waals surface area contributed by atoms with Crippen molar-refractivity contribution in [3.8, 4) is 11.1 Å². The standard InChI is InChI=1S/C20H24.C11H10.C4H8.C3H9N.C3H6/c1-6-16-12-11-15(3)13-19(16)17-9-8-10-18(14-17)20(4,5)7-2;1-9-5-4-7-10-6-2-3-8-11(9)10;2*1-4(2)3;1-3-2/h7-14H,2,6H2,1,3-5H3;2-8H,1H3;1H2,2-3H3;1-3H3;3H,1H2,2H3. The lowest BCUT2D eigenvalue weighted by molar-refractivity contribution is 0.505. The highest BCUT2D eigenvalue weighted by Crippen LogP contribution is 2.31. The first-order chi connectivity index (χ1) is 19.7. The van der Waals surface area contributed by atoms with Gasteiger partial charge in [-0.3, -0.25) is 0 Å². The van der Waals surface area contributed by atoms with Crippen LogP contribution in [-0.2, 0) is 11.8 Å². The van der Waals surface area contributed by atoms with Gasteiger partial charge in [0.15, 0.2) is 0 Å². The van der Waals surface area contributed by atoms with E-state index in [0.717, 1.165) is 6.42 Å². The van der Waals surface area contributed by atoms with Gasteiger partial charge >= 0.3 is 0 Å². The highest BCUT2D eigenvalue weighted by molar-refractivity contribution is 5.85. The van der Waals surface area contributed by atoms with Crippen LogP contribution in [0.3, 0.4) is 0 Å². The minimum absolute atomic E-state index is 0.00616. The van der Waals surface area contributed by atoms with Crippen LogP contribution in [0.4, 0.5) is 0 Å². The second-order valence-electron chi connectivity index (χ2n) is 11.8. The molecule has 1 heteroatoms. The Morgan fingerprint density at radius 2 is 1.33 bits per heavy atom. The maximum absolute atomic E-state index is 3.96. The van der Waals surface area contributed by atoms with Crippen LogP contribution in [-0.4, -0.2) is 26.0 Å². The van der Waals surface area contributed by atoms with E-state index in [1.54, 1.807) is 6.08 Å². The van der Waals surface area contributed by atoms with Gasteiger partial charge in [0.25, 0.3) is 0 Å². The number of aryl methyl sites for hydroxylation is 3. The Bertz CT molecular complexity index is 1360. The van der Waals surface area contributed by atoms with Crippen LogP contribution in [0.15, 0.2) is 122 Å². The molecular weight excluding hydrogens is 506 g/mol. The van der Waals surface area contributed by atoms with Crippen molar-refractivity contribution in [2.24, 2.45) is 0 Å². The molecule has 0 unspecified atom stereocenters. The summed E-state index contributed by atoms with van der Waals surface area (Å²) >= 11 is 0. The molecule has 0 saturated carbocycles. The average molecular weight is 564 g/mol. The molecule has 0 aromatic heterocycles. The second-order valence-corrected chi connectivity index (χ2v) is 11.8. The van der Waals surface area contributed by atoms with Gasteiger partial charge in [-0.15, -0.1) is 19.7 Å². The lowest BCUT2D eigenvalue weighted by Gasteiger charge is -2.21. The molecule has 0 fully saturated rings. The molecule has 0 aliphatic carbocycles. The van der Waals surface area contributed by atoms with Gasteiger partial charge in [0, 0.05) is 5.41 Å². The van der Waals surface area contributed by atoms with Crippen molar-refractivity contribution >= 4 is 10.8 Å². The van der Waals surface area contributed by atoms with Crippen molar-refractivity contribution in [3.63, 3.8) is 0 Å². The zero-order chi connectivity index (χ0) is 32.3. The van der Waals surface area contributed by atoms with Gasteiger partial charge in [0.2, 0.25) is 0 Å². The molecule has 0 aliphatic rings. The van der Waals surface area contributed by atoms with Crippen LogP contribution in [0.1, 0.15) is 63.8 Å². The average Bonchev–Trinajstić information content (AvgIpc) is 2.94. The zero-order valence-corrected chi connectivity index (χ0v) is 28.5. The van der Waals surface area contributed by atoms with E-state index in [-0.39, 0.29) is 5.41 Å². The minimum atomic E-state index is 0.00616. The monoisotopic (exact) mass is 563 g/mol. The van der Waals surface area contributed by atoms with E-state index >= 15 is 0 Å². The van der Waals surface area contributed by atoms with E-state index in [1.807, 2.05) is 52.9 Å². The Morgan fingerprint density at radius 1 is 0.810 bits per heavy atom. The molecule has 4 aromatic carbocycles. The summed E-state index contributed by atoms with van der Waals surface area (Å²) in [5, 5.41) is 2.68. The predicted molar refractivity (Wildman–Crippen MR) is 194 cm³/mol. The molecule has 0 bridgehead atoms. The van der Waals surface area contributed by atoms with Crippen LogP contribution in [0.25, 0.3) is 21.9 Å². The van der Waals surface area contributed by atoms with Gasteiger partial charge < -0.3 is 4.90 Å². The summed E-state index contributed by atoms with van der Waals surface area (Å²) in [4.78, 5) is 2.00. The molecule has 0 atom stereocenters. The van der Waals surface area contributed by atoms with Crippen LogP contribution < -0.4 is 0 Å². The molecule has 0 heterocycles. The van der Waals surface area contributed by atoms with Gasteiger partial charge in [-0.2, -0.15) is 0 Å². The van der Waals surface area contributed by atoms with Crippen molar-refractivity contribution in [3.05, 3.63) is 145 Å². The number of rotatable bonds is 4. The van der Waals surface area contributed by atoms with Crippen LogP contribution in [0, 0.1) is 13.8 Å². The van der Waals surface area contributed by atoms with Crippen LogP contribution in [0.2, 0.25) is 0 Å². The zero-order valence-electron chi connectivity index (χ0n) is 28.5. The molecule has 4 rings (SSSR count). The molecule has 0 radical (unpaired) electrons. The van der Waals surface area contributed by atoms with Gasteiger partial charge in [0.05, 0.1) is 0 Å². The third kappa shape index (κ3) is 14.8. The Morgan fingerprint density at radius 3 is 1.86 bits per heavy atom. The molecule has 1 nitrogen and oxygen atoms in total. The highest BCUT2D eigenvalue weighted by atomic mass is 15.0. The molecule has 226 valence electrons. The quantitative estimate of drug-likeness (QED) is 0.223. The SMILES string of the molecule is C=C(C)C.C=CC.C=CC(C)(C)c1cccc(-c2cc(C)ccc2CC)c1.CN(C)C.Cc1cccc2ccccc12. The van der Waals surface area contributed by atoms with E-state index < -0.39 is 0 Å². The third-order valence-corrected chi connectivity index (χ3v) is 6.08. The summed E-state index contributed by atoms with van der Waals surface area (Å²) in [6.45, 7) is 27.6. The largest absolute Gasteiger partial charge is 0.312 e. The number of fused-ring (bicyclic) bond motifs is 1. The van der Waals surface area contributed by atoms with Crippen molar-refractivity contribution in [1.29, 1.82) is 0 Å². The van der Waals surface area contributed by atoms with Gasteiger partial charge in [-0.25, -0.2) is 0 Å². The Balaban J connectivity index is 0.000000636. The number of allylic oxidation sites excluding steroid dienone is 3. The van der Waals surface area contributed by atoms with E-state index in [1.165, 1.54) is 49.7 Å². The summed E-state index contributed by atoms with van der Waals surface area (Å²) in [7, 11) is 6.00. The number of hydrogen-bond acceptors (Lipinski definition) is 1. The molecular formula is C41H57N. The molecule has 0 N–H and O–H groups in total. The van der Waals surface area contributed by atoms with Gasteiger partial charge in [-0.1, -0.05) is 129 Å².